The molecular weight excluding hydrogens is 280 g/mol. The van der Waals surface area contributed by atoms with Crippen molar-refractivity contribution in [2.75, 3.05) is 0 Å². The van der Waals surface area contributed by atoms with E-state index in [0.29, 0.717) is 0 Å². The van der Waals surface area contributed by atoms with Crippen molar-refractivity contribution < 1.29 is 4.74 Å². The fourth-order valence-electron chi connectivity index (χ4n) is 5.22. The van der Waals surface area contributed by atoms with E-state index in [0.717, 1.165) is 17.8 Å². The molecule has 4 rings (SSSR count). The lowest BCUT2D eigenvalue weighted by atomic mass is 9.63. The molecule has 3 aliphatic rings. The molecule has 1 heterocycles. The van der Waals surface area contributed by atoms with Crippen LogP contribution in [-0.4, -0.2) is 6.10 Å². The van der Waals surface area contributed by atoms with Crippen LogP contribution in [0.4, 0.5) is 0 Å². The number of hydrogen-bond donors (Lipinski definition) is 0. The van der Waals surface area contributed by atoms with Gasteiger partial charge >= 0.3 is 0 Å². The summed E-state index contributed by atoms with van der Waals surface area (Å²) in [6, 6.07) is 4.67. The molecule has 0 N–H and O–H groups in total. The summed E-state index contributed by atoms with van der Waals surface area (Å²) in [4.78, 5) is 0. The second-order valence-corrected chi connectivity index (χ2v) is 7.97. The lowest BCUT2D eigenvalue weighted by Crippen LogP contribution is -2.35. The van der Waals surface area contributed by atoms with Crippen molar-refractivity contribution in [1.29, 1.82) is 0 Å². The van der Waals surface area contributed by atoms with Gasteiger partial charge in [0.15, 0.2) is 0 Å². The highest BCUT2D eigenvalue weighted by Gasteiger charge is 2.38. The summed E-state index contributed by atoms with van der Waals surface area (Å²) in [5, 5.41) is 0. The van der Waals surface area contributed by atoms with Gasteiger partial charge in [-0.2, -0.15) is 0 Å². The molecule has 2 aliphatic carbocycles. The first-order chi connectivity index (χ1) is 11.3. The Balaban J connectivity index is 1.63. The Kier molecular flexibility index (Phi) is 4.22. The molecule has 0 radical (unpaired) electrons. The maximum atomic E-state index is 6.21. The van der Waals surface area contributed by atoms with E-state index in [-0.39, 0.29) is 6.10 Å². The first kappa shape index (κ1) is 15.3. The number of ether oxygens (including phenoxy) is 1. The minimum atomic E-state index is 0.218. The van der Waals surface area contributed by atoms with Crippen LogP contribution in [0, 0.1) is 17.8 Å². The second-order valence-electron chi connectivity index (χ2n) is 7.97. The Morgan fingerprint density at radius 1 is 1.17 bits per heavy atom. The fourth-order valence-corrected chi connectivity index (χ4v) is 5.22. The van der Waals surface area contributed by atoms with Crippen LogP contribution in [0.25, 0.3) is 6.08 Å². The van der Waals surface area contributed by atoms with Crippen LogP contribution in [0.1, 0.15) is 69.1 Å². The molecule has 0 spiro atoms. The quantitative estimate of drug-likeness (QED) is 0.685. The summed E-state index contributed by atoms with van der Waals surface area (Å²) in [6.45, 7) is 4.47. The Morgan fingerprint density at radius 3 is 2.96 bits per heavy atom. The van der Waals surface area contributed by atoms with Gasteiger partial charge in [0.2, 0.25) is 0 Å². The van der Waals surface area contributed by atoms with Gasteiger partial charge in [-0.15, -0.1) is 0 Å². The van der Waals surface area contributed by atoms with Gasteiger partial charge in [0.25, 0.3) is 0 Å². The lowest BCUT2D eigenvalue weighted by Gasteiger charge is -2.43. The van der Waals surface area contributed by atoms with Gasteiger partial charge in [-0.1, -0.05) is 57.2 Å². The fraction of sp³-hybridized carbons (Fsp3) is 0.636. The van der Waals surface area contributed by atoms with Crippen LogP contribution >= 0.6 is 0 Å². The maximum absolute atomic E-state index is 6.21. The lowest BCUT2D eigenvalue weighted by molar-refractivity contribution is 0.128. The highest BCUT2D eigenvalue weighted by atomic mass is 16.5. The van der Waals surface area contributed by atoms with Gasteiger partial charge in [0.05, 0.1) is 0 Å². The van der Waals surface area contributed by atoms with Crippen molar-refractivity contribution >= 4 is 6.08 Å². The first-order valence-corrected chi connectivity index (χ1v) is 9.76. The van der Waals surface area contributed by atoms with Crippen LogP contribution in [0.5, 0.6) is 5.75 Å². The minimum Gasteiger partial charge on any atom is -0.486 e. The van der Waals surface area contributed by atoms with Crippen LogP contribution in [0.15, 0.2) is 18.2 Å². The summed E-state index contributed by atoms with van der Waals surface area (Å²) >= 11 is 0. The van der Waals surface area contributed by atoms with E-state index in [2.05, 4.69) is 38.1 Å². The van der Waals surface area contributed by atoms with Crippen molar-refractivity contribution in [3.05, 3.63) is 34.9 Å². The Labute approximate surface area is 141 Å². The summed E-state index contributed by atoms with van der Waals surface area (Å²) < 4.78 is 6.21. The average molecular weight is 310 g/mol. The summed E-state index contributed by atoms with van der Waals surface area (Å²) in [6.07, 6.45) is 15.7. The van der Waals surface area contributed by atoms with Crippen molar-refractivity contribution in [2.24, 2.45) is 17.8 Å². The summed E-state index contributed by atoms with van der Waals surface area (Å²) in [7, 11) is 0. The Bertz CT molecular complexity index is 600. The van der Waals surface area contributed by atoms with Gasteiger partial charge in [0, 0.05) is 5.56 Å². The number of unbranched alkanes of at least 4 members (excludes halogenated alkanes) is 1. The van der Waals surface area contributed by atoms with E-state index >= 15 is 0 Å². The molecule has 0 saturated heterocycles. The third kappa shape index (κ3) is 2.84. The second kappa shape index (κ2) is 6.34. The van der Waals surface area contributed by atoms with E-state index in [1.807, 2.05) is 0 Å². The van der Waals surface area contributed by atoms with E-state index < -0.39 is 0 Å². The van der Waals surface area contributed by atoms with Crippen molar-refractivity contribution in [2.45, 2.75) is 71.3 Å². The van der Waals surface area contributed by atoms with Gasteiger partial charge in [-0.05, 0) is 61.1 Å². The number of fused-ring (bicyclic) bond motifs is 4. The van der Waals surface area contributed by atoms with Crippen LogP contribution in [-0.2, 0) is 12.8 Å². The molecule has 1 fully saturated rings. The molecule has 1 saturated carbocycles. The standard InChI is InChI=1S/C22H30O/c1-3-4-6-16-7-5-8-18-14-21-19(13-20(16)18)12-11-17-10-9-15(2)23-22(17)21/h9-12,15-16,18,20H,3-8,13-14H2,1-2H3/t15-,16?,18+,20-/m0/s1. The molecule has 1 heteroatoms. The van der Waals surface area contributed by atoms with Crippen molar-refractivity contribution in [1.82, 2.24) is 0 Å². The molecule has 1 aliphatic heterocycles. The predicted molar refractivity (Wildman–Crippen MR) is 96.8 cm³/mol. The molecule has 0 bridgehead atoms. The predicted octanol–water partition coefficient (Wildman–Crippen LogP) is 5.80. The SMILES string of the molecule is CCCCC1CCC[C@@H]2Cc3c(ccc4c3O[C@@H](C)C=C4)C[C@@H]12. The minimum absolute atomic E-state index is 0.218. The molecule has 23 heavy (non-hydrogen) atoms. The molecule has 1 aromatic carbocycles. The topological polar surface area (TPSA) is 9.23 Å². The molecular formula is C22H30O. The normalized spacial score (nSPS) is 31.7. The van der Waals surface area contributed by atoms with Gasteiger partial charge in [-0.25, -0.2) is 0 Å². The molecule has 1 unspecified atom stereocenters. The van der Waals surface area contributed by atoms with Crippen LogP contribution in [0.2, 0.25) is 0 Å². The maximum Gasteiger partial charge on any atom is 0.130 e. The zero-order chi connectivity index (χ0) is 15.8. The Hall–Kier alpha value is -1.24. The van der Waals surface area contributed by atoms with Crippen molar-refractivity contribution in [3.63, 3.8) is 0 Å². The van der Waals surface area contributed by atoms with E-state index in [1.54, 1.807) is 5.56 Å². The van der Waals surface area contributed by atoms with Crippen molar-refractivity contribution in [3.8, 4) is 5.75 Å². The summed E-state index contributed by atoms with van der Waals surface area (Å²) in [5.74, 6) is 4.00. The van der Waals surface area contributed by atoms with E-state index in [1.165, 1.54) is 68.2 Å². The van der Waals surface area contributed by atoms with Crippen LogP contribution in [0.3, 0.4) is 0 Å². The van der Waals surface area contributed by atoms with Gasteiger partial charge < -0.3 is 4.74 Å². The molecule has 0 aromatic heterocycles. The molecule has 124 valence electrons. The number of rotatable bonds is 3. The number of hydrogen-bond acceptors (Lipinski definition) is 1. The van der Waals surface area contributed by atoms with Gasteiger partial charge in [0.1, 0.15) is 11.9 Å². The third-order valence-corrected chi connectivity index (χ3v) is 6.45. The largest absolute Gasteiger partial charge is 0.486 e. The van der Waals surface area contributed by atoms with Gasteiger partial charge in [-0.3, -0.25) is 0 Å². The molecule has 4 atom stereocenters. The third-order valence-electron chi connectivity index (χ3n) is 6.45. The van der Waals surface area contributed by atoms with Crippen LogP contribution < -0.4 is 4.74 Å². The summed E-state index contributed by atoms with van der Waals surface area (Å²) in [5.41, 5.74) is 4.41. The zero-order valence-electron chi connectivity index (χ0n) is 14.7. The molecule has 0 amide bonds. The zero-order valence-corrected chi connectivity index (χ0v) is 14.7. The molecule has 1 nitrogen and oxygen atoms in total. The monoisotopic (exact) mass is 310 g/mol. The molecule has 1 aromatic rings. The highest BCUT2D eigenvalue weighted by Crippen LogP contribution is 2.47. The highest BCUT2D eigenvalue weighted by molar-refractivity contribution is 5.64. The first-order valence-electron chi connectivity index (χ1n) is 9.76. The average Bonchev–Trinajstić information content (AvgIpc) is 2.58. The smallest absolute Gasteiger partial charge is 0.130 e. The number of benzene rings is 1. The van der Waals surface area contributed by atoms with E-state index in [9.17, 15) is 0 Å². The Morgan fingerprint density at radius 2 is 2.09 bits per heavy atom. The van der Waals surface area contributed by atoms with E-state index in [4.69, 9.17) is 4.74 Å².